The summed E-state index contributed by atoms with van der Waals surface area (Å²) in [6.45, 7) is 11.5. The van der Waals surface area contributed by atoms with Crippen molar-refractivity contribution in [1.82, 2.24) is 25.4 Å². The summed E-state index contributed by atoms with van der Waals surface area (Å²) in [5.74, 6) is -0.561. The maximum atomic E-state index is 13.5. The van der Waals surface area contributed by atoms with E-state index in [0.717, 1.165) is 114 Å². The van der Waals surface area contributed by atoms with Crippen molar-refractivity contribution in [2.75, 3.05) is 80.1 Å². The number of rotatable bonds is 8. The molecule has 58 heavy (non-hydrogen) atoms. The van der Waals surface area contributed by atoms with Crippen molar-refractivity contribution in [3.8, 4) is 6.07 Å². The molecular formula is C44H52ClN9O4. The SMILES string of the molecule is C[C@H]1CC2(CCN(c3ccc(C(=O)N4CCC(CN5CCN(c6ccc(C(=O)N[C@@H]7CCC(=O)NC7=O)nc6)CC5)CC4)cc3)CC2)CN1c1ccc(C#N)c(Cl)c1. The van der Waals surface area contributed by atoms with E-state index in [9.17, 15) is 24.4 Å². The zero-order valence-corrected chi connectivity index (χ0v) is 33.9. The standard InChI is InChI=1S/C44H52ClN9O4/c1-30-25-44(29-54(30)35-7-4-33(26-46)37(45)24-35)14-18-51(19-15-44)34-5-2-32(3-6-34)43(58)53-16-12-31(13-17-53)28-50-20-22-52(23-21-50)36-8-9-38(47-27-36)41(56)48-39-10-11-40(55)49-42(39)57/h2-9,24,27,30-31,39H,10-23,25,28-29H2,1H3,(H,48,56)(H,49,55,57)/t30-,39+/m0/s1. The Morgan fingerprint density at radius 1 is 0.897 bits per heavy atom. The summed E-state index contributed by atoms with van der Waals surface area (Å²) in [7, 11) is 0. The average molecular weight is 806 g/mol. The van der Waals surface area contributed by atoms with E-state index in [2.05, 4.69) is 60.3 Å². The summed E-state index contributed by atoms with van der Waals surface area (Å²) in [4.78, 5) is 65.7. The van der Waals surface area contributed by atoms with E-state index < -0.39 is 17.9 Å². The number of carbonyl (C=O) groups excluding carboxylic acids is 4. The second kappa shape index (κ2) is 17.0. The first-order valence-corrected chi connectivity index (χ1v) is 21.1. The smallest absolute Gasteiger partial charge is 0.270 e. The number of amides is 4. The number of nitrogens with one attached hydrogen (secondary N) is 2. The maximum absolute atomic E-state index is 13.5. The summed E-state index contributed by atoms with van der Waals surface area (Å²) in [5.41, 5.74) is 5.00. The van der Waals surface area contributed by atoms with E-state index in [1.165, 1.54) is 5.69 Å². The van der Waals surface area contributed by atoms with E-state index in [-0.39, 0.29) is 35.8 Å². The van der Waals surface area contributed by atoms with Gasteiger partial charge in [0, 0.05) is 94.8 Å². The lowest BCUT2D eigenvalue weighted by Crippen LogP contribution is -2.52. The molecule has 5 aliphatic heterocycles. The Morgan fingerprint density at radius 2 is 1.59 bits per heavy atom. The normalized spacial score (nSPS) is 22.8. The number of piperidine rings is 3. The minimum absolute atomic E-state index is 0.118. The van der Waals surface area contributed by atoms with Crippen LogP contribution >= 0.6 is 11.6 Å². The fourth-order valence-electron chi connectivity index (χ4n) is 9.68. The molecule has 0 unspecified atom stereocenters. The Bertz CT molecular complexity index is 2050. The lowest BCUT2D eigenvalue weighted by Gasteiger charge is -2.40. The molecule has 0 aliphatic carbocycles. The summed E-state index contributed by atoms with van der Waals surface area (Å²) < 4.78 is 0. The lowest BCUT2D eigenvalue weighted by molar-refractivity contribution is -0.134. The Balaban J connectivity index is 0.749. The van der Waals surface area contributed by atoms with Crippen molar-refractivity contribution >= 4 is 52.3 Å². The minimum atomic E-state index is -0.732. The quantitative estimate of drug-likeness (QED) is 0.308. The van der Waals surface area contributed by atoms with Gasteiger partial charge in [-0.25, -0.2) is 4.98 Å². The molecule has 5 saturated heterocycles. The van der Waals surface area contributed by atoms with Crippen molar-refractivity contribution in [1.29, 1.82) is 5.26 Å². The molecule has 1 spiro atoms. The van der Waals surface area contributed by atoms with E-state index >= 15 is 0 Å². The molecule has 1 aromatic heterocycles. The zero-order valence-electron chi connectivity index (χ0n) is 33.2. The number of halogens is 1. The molecule has 0 bridgehead atoms. The van der Waals surface area contributed by atoms with E-state index in [4.69, 9.17) is 11.6 Å². The largest absolute Gasteiger partial charge is 0.371 e. The maximum Gasteiger partial charge on any atom is 0.270 e. The average Bonchev–Trinajstić information content (AvgIpc) is 3.57. The Kier molecular flexibility index (Phi) is 11.6. The third-order valence-corrected chi connectivity index (χ3v) is 13.5. The number of hydrogen-bond acceptors (Lipinski definition) is 10. The molecular weight excluding hydrogens is 754 g/mol. The number of nitrogens with zero attached hydrogens (tertiary/aromatic N) is 7. The van der Waals surface area contributed by atoms with Gasteiger partial charge in [0.15, 0.2) is 0 Å². The van der Waals surface area contributed by atoms with Gasteiger partial charge in [-0.3, -0.25) is 29.4 Å². The van der Waals surface area contributed by atoms with Gasteiger partial charge < -0.3 is 24.9 Å². The Morgan fingerprint density at radius 3 is 2.24 bits per heavy atom. The molecule has 2 aromatic carbocycles. The third-order valence-electron chi connectivity index (χ3n) is 13.2. The van der Waals surface area contributed by atoms with Crippen LogP contribution in [0, 0.1) is 22.7 Å². The second-order valence-corrected chi connectivity index (χ2v) is 17.3. The van der Waals surface area contributed by atoms with Crippen LogP contribution in [0.2, 0.25) is 5.02 Å². The van der Waals surface area contributed by atoms with Gasteiger partial charge >= 0.3 is 0 Å². The van der Waals surface area contributed by atoms with Crippen LogP contribution in [0.5, 0.6) is 0 Å². The number of piperazine rings is 1. The highest BCUT2D eigenvalue weighted by Gasteiger charge is 2.44. The van der Waals surface area contributed by atoms with Gasteiger partial charge in [0.25, 0.3) is 11.8 Å². The summed E-state index contributed by atoms with van der Waals surface area (Å²) in [5, 5.41) is 14.7. The molecule has 6 heterocycles. The predicted octanol–water partition coefficient (Wildman–Crippen LogP) is 4.70. The molecule has 2 N–H and O–H groups in total. The van der Waals surface area contributed by atoms with E-state index in [0.29, 0.717) is 22.5 Å². The van der Waals surface area contributed by atoms with Crippen LogP contribution in [-0.2, 0) is 9.59 Å². The van der Waals surface area contributed by atoms with Crippen LogP contribution in [-0.4, -0.2) is 116 Å². The molecule has 14 heteroatoms. The number of imide groups is 1. The molecule has 8 rings (SSSR count). The summed E-state index contributed by atoms with van der Waals surface area (Å²) >= 11 is 6.38. The van der Waals surface area contributed by atoms with Crippen LogP contribution in [0.15, 0.2) is 60.8 Å². The van der Waals surface area contributed by atoms with E-state index in [1.54, 1.807) is 12.3 Å². The van der Waals surface area contributed by atoms with Gasteiger partial charge in [0.1, 0.15) is 17.8 Å². The topological polar surface area (TPSA) is 145 Å². The van der Waals surface area contributed by atoms with Crippen molar-refractivity contribution < 1.29 is 19.2 Å². The molecule has 5 aliphatic rings. The fraction of sp³-hybridized carbons (Fsp3) is 0.500. The van der Waals surface area contributed by atoms with Crippen LogP contribution in [0.25, 0.3) is 0 Å². The highest BCUT2D eigenvalue weighted by molar-refractivity contribution is 6.32. The number of benzene rings is 2. The van der Waals surface area contributed by atoms with Gasteiger partial charge in [-0.1, -0.05) is 11.6 Å². The molecule has 13 nitrogen and oxygen atoms in total. The number of hydrogen-bond donors (Lipinski definition) is 2. The molecule has 0 radical (unpaired) electrons. The van der Waals surface area contributed by atoms with Gasteiger partial charge in [0.05, 0.1) is 22.5 Å². The van der Waals surface area contributed by atoms with Crippen LogP contribution in [0.1, 0.15) is 78.3 Å². The monoisotopic (exact) mass is 805 g/mol. The number of likely N-dealkylation sites (tertiary alicyclic amines) is 1. The van der Waals surface area contributed by atoms with Crippen molar-refractivity contribution in [2.24, 2.45) is 11.3 Å². The van der Waals surface area contributed by atoms with Crippen molar-refractivity contribution in [3.05, 3.63) is 82.6 Å². The van der Waals surface area contributed by atoms with Crippen molar-refractivity contribution in [3.63, 3.8) is 0 Å². The first-order chi connectivity index (χ1) is 28.1. The van der Waals surface area contributed by atoms with Crippen LogP contribution in [0.4, 0.5) is 17.1 Å². The Hall–Kier alpha value is -5.19. The van der Waals surface area contributed by atoms with Gasteiger partial charge in [-0.15, -0.1) is 0 Å². The van der Waals surface area contributed by atoms with Crippen LogP contribution in [0.3, 0.4) is 0 Å². The summed E-state index contributed by atoms with van der Waals surface area (Å²) in [6, 6.07) is 19.4. The van der Waals surface area contributed by atoms with Gasteiger partial charge in [-0.05, 0) is 111 Å². The number of aromatic nitrogens is 1. The fourth-order valence-corrected chi connectivity index (χ4v) is 9.90. The Labute approximate surface area is 345 Å². The zero-order chi connectivity index (χ0) is 40.4. The minimum Gasteiger partial charge on any atom is -0.371 e. The molecule has 0 saturated carbocycles. The number of carbonyl (C=O) groups is 4. The molecule has 3 aromatic rings. The highest BCUT2D eigenvalue weighted by atomic mass is 35.5. The third kappa shape index (κ3) is 8.64. The molecule has 2 atom stereocenters. The highest BCUT2D eigenvalue weighted by Crippen LogP contribution is 2.46. The van der Waals surface area contributed by atoms with Crippen LogP contribution < -0.4 is 25.3 Å². The predicted molar refractivity (Wildman–Crippen MR) is 223 cm³/mol. The first-order valence-electron chi connectivity index (χ1n) is 20.7. The number of anilines is 3. The number of pyridine rings is 1. The first kappa shape index (κ1) is 39.6. The lowest BCUT2D eigenvalue weighted by atomic mass is 9.76. The van der Waals surface area contributed by atoms with Gasteiger partial charge in [0.2, 0.25) is 11.8 Å². The molecule has 304 valence electrons. The molecule has 4 amide bonds. The van der Waals surface area contributed by atoms with Gasteiger partial charge in [-0.2, -0.15) is 5.26 Å². The van der Waals surface area contributed by atoms with E-state index in [1.807, 2.05) is 41.3 Å². The second-order valence-electron chi connectivity index (χ2n) is 16.9. The molecule has 5 fully saturated rings. The summed E-state index contributed by atoms with van der Waals surface area (Å²) in [6.07, 6.45) is 7.58. The van der Waals surface area contributed by atoms with Crippen molar-refractivity contribution in [2.45, 2.75) is 64.0 Å². The number of nitriles is 1.